The summed E-state index contributed by atoms with van der Waals surface area (Å²) >= 11 is 0. The number of nitrogens with zero attached hydrogens (tertiary/aromatic N) is 1. The first kappa shape index (κ1) is 21.5. The summed E-state index contributed by atoms with van der Waals surface area (Å²) < 4.78 is 79.5. The third-order valence-corrected chi connectivity index (χ3v) is 5.47. The first-order valence-corrected chi connectivity index (χ1v) is 9.27. The summed E-state index contributed by atoms with van der Waals surface area (Å²) in [6, 6.07) is 12.2. The number of hydrogen-bond donors (Lipinski definition) is 1. The van der Waals surface area contributed by atoms with E-state index >= 15 is 0 Å². The van der Waals surface area contributed by atoms with E-state index in [1.165, 1.54) is 6.07 Å². The number of fused-ring (bicyclic) bond motifs is 1. The molecule has 0 aromatic heterocycles. The van der Waals surface area contributed by atoms with Crippen LogP contribution in [0.15, 0.2) is 48.5 Å². The second-order valence-electron chi connectivity index (χ2n) is 7.29. The molecule has 1 atom stereocenters. The van der Waals surface area contributed by atoms with Crippen molar-refractivity contribution in [3.05, 3.63) is 65.2 Å². The molecule has 3 rings (SSSR count). The molecule has 1 heterocycles. The van der Waals surface area contributed by atoms with Gasteiger partial charge >= 0.3 is 12.4 Å². The van der Waals surface area contributed by atoms with Crippen LogP contribution in [-0.4, -0.2) is 24.0 Å². The molecule has 2 aromatic carbocycles. The molecule has 0 fully saturated rings. The zero-order chi connectivity index (χ0) is 21.4. The minimum absolute atomic E-state index is 0.108. The number of alkyl halides is 6. The largest absolute Gasteiger partial charge is 0.430 e. The third kappa shape index (κ3) is 3.82. The van der Waals surface area contributed by atoms with E-state index in [2.05, 4.69) is 0 Å². The number of rotatable bonds is 3. The Kier molecular flexibility index (Phi) is 5.60. The van der Waals surface area contributed by atoms with Crippen molar-refractivity contribution in [2.75, 3.05) is 11.4 Å². The van der Waals surface area contributed by atoms with Gasteiger partial charge in [0.15, 0.2) is 0 Å². The Morgan fingerprint density at radius 3 is 2.10 bits per heavy atom. The Balaban J connectivity index is 2.07. The molecule has 0 saturated heterocycles. The first-order valence-electron chi connectivity index (χ1n) is 9.27. The SMILES string of the molecule is CC(c1ccccc1)N1CCCCc2cc(C(O)(C(F)(F)F)C(F)(F)F)ccc21. The van der Waals surface area contributed by atoms with Crippen molar-refractivity contribution >= 4 is 5.69 Å². The molecule has 158 valence electrons. The highest BCUT2D eigenvalue weighted by atomic mass is 19.4. The number of aryl methyl sites for hydroxylation is 1. The van der Waals surface area contributed by atoms with Gasteiger partial charge < -0.3 is 10.0 Å². The van der Waals surface area contributed by atoms with Crippen LogP contribution in [0.5, 0.6) is 0 Å². The van der Waals surface area contributed by atoms with Crippen LogP contribution in [0.2, 0.25) is 0 Å². The summed E-state index contributed by atoms with van der Waals surface area (Å²) in [7, 11) is 0. The highest BCUT2D eigenvalue weighted by molar-refractivity contribution is 5.58. The Labute approximate surface area is 164 Å². The molecule has 0 bridgehead atoms. The van der Waals surface area contributed by atoms with Gasteiger partial charge in [-0.15, -0.1) is 0 Å². The Morgan fingerprint density at radius 1 is 0.897 bits per heavy atom. The summed E-state index contributed by atoms with van der Waals surface area (Å²) in [6.45, 7) is 2.57. The van der Waals surface area contributed by atoms with Crippen LogP contribution in [0.25, 0.3) is 0 Å². The number of hydrogen-bond acceptors (Lipinski definition) is 2. The monoisotopic (exact) mass is 417 g/mol. The summed E-state index contributed by atoms with van der Waals surface area (Å²) in [4.78, 5) is 1.99. The molecule has 0 spiro atoms. The van der Waals surface area contributed by atoms with Gasteiger partial charge in [-0.05, 0) is 43.4 Å². The van der Waals surface area contributed by atoms with Crippen LogP contribution in [0, 0.1) is 0 Å². The van der Waals surface area contributed by atoms with Crippen LogP contribution in [0.1, 0.15) is 42.5 Å². The smallest absolute Gasteiger partial charge is 0.369 e. The van der Waals surface area contributed by atoms with Gasteiger partial charge in [0, 0.05) is 17.8 Å². The highest BCUT2D eigenvalue weighted by Crippen LogP contribution is 2.51. The molecule has 0 radical (unpaired) electrons. The Morgan fingerprint density at radius 2 is 1.52 bits per heavy atom. The fourth-order valence-corrected chi connectivity index (χ4v) is 3.81. The van der Waals surface area contributed by atoms with E-state index < -0.39 is 23.5 Å². The van der Waals surface area contributed by atoms with Gasteiger partial charge in [-0.2, -0.15) is 26.3 Å². The number of aliphatic hydroxyl groups is 1. The lowest BCUT2D eigenvalue weighted by molar-refractivity contribution is -0.376. The maximum Gasteiger partial charge on any atom is 0.430 e. The standard InChI is InChI=1S/C21H21F6NO/c1-14(15-7-3-2-4-8-15)28-12-6-5-9-16-13-17(10-11-18(16)28)19(29,20(22,23)24)21(25,26)27/h2-4,7-8,10-11,13-14,29H,5-6,9,12H2,1H3. The molecular formula is C21H21F6NO. The highest BCUT2D eigenvalue weighted by Gasteiger charge is 2.71. The van der Waals surface area contributed by atoms with Gasteiger partial charge in [0.1, 0.15) is 0 Å². The van der Waals surface area contributed by atoms with Crippen molar-refractivity contribution in [1.82, 2.24) is 0 Å². The second-order valence-corrected chi connectivity index (χ2v) is 7.29. The van der Waals surface area contributed by atoms with E-state index in [9.17, 15) is 31.4 Å². The van der Waals surface area contributed by atoms with E-state index in [-0.39, 0.29) is 6.04 Å². The average Bonchev–Trinajstić information content (AvgIpc) is 2.87. The van der Waals surface area contributed by atoms with E-state index in [4.69, 9.17) is 0 Å². The molecule has 1 unspecified atom stereocenters. The van der Waals surface area contributed by atoms with Crippen LogP contribution in [-0.2, 0) is 12.0 Å². The molecule has 2 aromatic rings. The lowest BCUT2D eigenvalue weighted by Gasteiger charge is -2.35. The predicted octanol–water partition coefficient (Wildman–Crippen LogP) is 5.90. The number of halogens is 6. The van der Waals surface area contributed by atoms with Crippen LogP contribution in [0.3, 0.4) is 0 Å². The molecular weight excluding hydrogens is 396 g/mol. The summed E-state index contributed by atoms with van der Waals surface area (Å²) in [5, 5.41) is 9.72. The Hall–Kier alpha value is -2.22. The average molecular weight is 417 g/mol. The van der Waals surface area contributed by atoms with E-state index in [0.29, 0.717) is 30.6 Å². The van der Waals surface area contributed by atoms with Gasteiger partial charge in [0.05, 0.1) is 6.04 Å². The number of anilines is 1. The zero-order valence-corrected chi connectivity index (χ0v) is 15.7. The van der Waals surface area contributed by atoms with Gasteiger partial charge in [0.25, 0.3) is 5.60 Å². The molecule has 2 nitrogen and oxygen atoms in total. The van der Waals surface area contributed by atoms with E-state index in [0.717, 1.165) is 24.1 Å². The van der Waals surface area contributed by atoms with Gasteiger partial charge in [-0.3, -0.25) is 0 Å². The molecule has 1 N–H and O–H groups in total. The quantitative estimate of drug-likeness (QED) is 0.629. The maximum atomic E-state index is 13.2. The molecule has 1 aliphatic rings. The van der Waals surface area contributed by atoms with Crippen molar-refractivity contribution in [3.8, 4) is 0 Å². The molecule has 1 aliphatic heterocycles. The fraction of sp³-hybridized carbons (Fsp3) is 0.429. The fourth-order valence-electron chi connectivity index (χ4n) is 3.81. The van der Waals surface area contributed by atoms with E-state index in [1.807, 2.05) is 42.2 Å². The minimum atomic E-state index is -5.89. The normalized spacial score (nSPS) is 16.9. The van der Waals surface area contributed by atoms with Gasteiger partial charge in [0.2, 0.25) is 0 Å². The van der Waals surface area contributed by atoms with Crippen molar-refractivity contribution in [3.63, 3.8) is 0 Å². The van der Waals surface area contributed by atoms with Crippen molar-refractivity contribution in [1.29, 1.82) is 0 Å². The topological polar surface area (TPSA) is 23.5 Å². The Bertz CT molecular complexity index is 832. The van der Waals surface area contributed by atoms with Crippen LogP contribution >= 0.6 is 0 Å². The lowest BCUT2D eigenvalue weighted by atomic mass is 9.89. The molecule has 0 amide bonds. The van der Waals surface area contributed by atoms with Gasteiger partial charge in [-0.1, -0.05) is 42.5 Å². The van der Waals surface area contributed by atoms with Crippen LogP contribution in [0.4, 0.5) is 32.0 Å². The molecule has 29 heavy (non-hydrogen) atoms. The van der Waals surface area contributed by atoms with Gasteiger partial charge in [-0.25, -0.2) is 0 Å². The van der Waals surface area contributed by atoms with Crippen molar-refractivity contribution in [2.45, 2.75) is 50.2 Å². The molecule has 0 aliphatic carbocycles. The lowest BCUT2D eigenvalue weighted by Crippen LogP contribution is -2.54. The first-order chi connectivity index (χ1) is 13.5. The maximum absolute atomic E-state index is 13.2. The summed E-state index contributed by atoms with van der Waals surface area (Å²) in [5.74, 6) is 0. The second kappa shape index (κ2) is 7.55. The zero-order valence-electron chi connectivity index (χ0n) is 15.7. The summed E-state index contributed by atoms with van der Waals surface area (Å²) in [6.07, 6.45) is -10.1. The predicted molar refractivity (Wildman–Crippen MR) is 97.6 cm³/mol. The number of benzene rings is 2. The molecule has 8 heteroatoms. The van der Waals surface area contributed by atoms with Crippen molar-refractivity contribution < 1.29 is 31.4 Å². The molecule has 0 saturated carbocycles. The third-order valence-electron chi connectivity index (χ3n) is 5.47. The van der Waals surface area contributed by atoms with Crippen LogP contribution < -0.4 is 4.90 Å². The summed E-state index contributed by atoms with van der Waals surface area (Å²) in [5.41, 5.74) is -4.15. The van der Waals surface area contributed by atoms with Crippen molar-refractivity contribution in [2.24, 2.45) is 0 Å². The van der Waals surface area contributed by atoms with E-state index in [1.54, 1.807) is 0 Å². The minimum Gasteiger partial charge on any atom is -0.369 e.